The molecule has 6 heteroatoms. The Hall–Kier alpha value is -2.39. The fourth-order valence-electron chi connectivity index (χ4n) is 0.398. The van der Waals surface area contributed by atoms with Gasteiger partial charge in [-0.15, -0.1) is 0 Å². The van der Waals surface area contributed by atoms with Crippen LogP contribution in [0.4, 0.5) is 0 Å². The number of carboxylic acids is 1. The highest BCUT2D eigenvalue weighted by atomic mass is 16.6. The maximum absolute atomic E-state index is 10.3. The number of ether oxygens (including phenoxy) is 2. The van der Waals surface area contributed by atoms with Gasteiger partial charge >= 0.3 is 11.9 Å². The third kappa shape index (κ3) is 19.2. The number of nitrogens with zero attached hydrogens (tertiary/aromatic N) is 1. The van der Waals surface area contributed by atoms with Crippen LogP contribution in [0.15, 0.2) is 38.0 Å². The first-order chi connectivity index (χ1) is 8.51. The summed E-state index contributed by atoms with van der Waals surface area (Å²) in [6.45, 7) is 10.4. The smallest absolute Gasteiger partial charge is 0.330 e. The Bertz CT molecular complexity index is 339. The van der Waals surface area contributed by atoms with E-state index < -0.39 is 5.97 Å². The zero-order valence-corrected chi connectivity index (χ0v) is 9.87. The molecule has 1 rings (SSSR count). The van der Waals surface area contributed by atoms with Crippen LogP contribution in [-0.4, -0.2) is 36.4 Å². The minimum Gasteiger partial charge on any atom is -0.478 e. The molecule has 1 saturated heterocycles. The molecule has 1 fully saturated rings. The molecule has 0 aromatic heterocycles. The fraction of sp³-hybridized carbons (Fsp3) is 0.250. The Morgan fingerprint density at radius 3 is 2.11 bits per heavy atom. The standard InChI is InChI=1S/C6H8O3.C3H3N.C3H4O2/c1-2-6(7)9-4-5-3-8-5;1-2-3-4;1-2-3(4)5/h2,5H,1,3-4H2;2H,1H2;2H,1H2,(H,4,5). The van der Waals surface area contributed by atoms with Gasteiger partial charge in [-0.05, 0) is 0 Å². The highest BCUT2D eigenvalue weighted by Crippen LogP contribution is 2.08. The number of esters is 1. The zero-order valence-electron chi connectivity index (χ0n) is 9.87. The van der Waals surface area contributed by atoms with Crippen molar-refractivity contribution in [1.29, 1.82) is 5.26 Å². The van der Waals surface area contributed by atoms with E-state index in [1.807, 2.05) is 0 Å². The first kappa shape index (κ1) is 18.0. The number of aliphatic carboxylic acids is 1. The largest absolute Gasteiger partial charge is 0.478 e. The van der Waals surface area contributed by atoms with Crippen LogP contribution in [-0.2, 0) is 19.1 Å². The lowest BCUT2D eigenvalue weighted by Gasteiger charge is -1.94. The molecule has 0 aromatic rings. The molecule has 1 heterocycles. The lowest BCUT2D eigenvalue weighted by Crippen LogP contribution is -2.06. The monoisotopic (exact) mass is 253 g/mol. The molecule has 1 N–H and O–H groups in total. The molecular weight excluding hydrogens is 238 g/mol. The first-order valence-electron chi connectivity index (χ1n) is 4.78. The van der Waals surface area contributed by atoms with Crippen LogP contribution in [0, 0.1) is 11.3 Å². The van der Waals surface area contributed by atoms with Crippen molar-refractivity contribution in [2.45, 2.75) is 6.10 Å². The van der Waals surface area contributed by atoms with E-state index in [0.717, 1.165) is 12.2 Å². The molecule has 1 aliphatic heterocycles. The maximum Gasteiger partial charge on any atom is 0.330 e. The number of carbonyl (C=O) groups is 2. The molecule has 98 valence electrons. The van der Waals surface area contributed by atoms with Crippen LogP contribution < -0.4 is 0 Å². The van der Waals surface area contributed by atoms with E-state index in [-0.39, 0.29) is 12.1 Å². The Labute approximate surface area is 105 Å². The molecule has 1 unspecified atom stereocenters. The second kappa shape index (κ2) is 12.7. The summed E-state index contributed by atoms with van der Waals surface area (Å²) in [5.74, 6) is -1.37. The van der Waals surface area contributed by atoms with Crippen LogP contribution in [0.2, 0.25) is 0 Å². The second-order valence-corrected chi connectivity index (χ2v) is 2.67. The SMILES string of the molecule is C=CC#N.C=CC(=O)O.C=CC(=O)OCC1CO1. The average Bonchev–Trinajstić information content (AvgIpc) is 3.20. The summed E-state index contributed by atoms with van der Waals surface area (Å²) in [6, 6.07) is 1.69. The van der Waals surface area contributed by atoms with E-state index in [1.54, 1.807) is 6.07 Å². The molecule has 0 saturated carbocycles. The van der Waals surface area contributed by atoms with Crippen molar-refractivity contribution in [1.82, 2.24) is 0 Å². The van der Waals surface area contributed by atoms with Crippen molar-refractivity contribution in [2.24, 2.45) is 0 Å². The summed E-state index contributed by atoms with van der Waals surface area (Å²) in [7, 11) is 0. The van der Waals surface area contributed by atoms with Crippen molar-refractivity contribution in [3.05, 3.63) is 38.0 Å². The average molecular weight is 253 g/mol. The van der Waals surface area contributed by atoms with Gasteiger partial charge in [0.1, 0.15) is 12.7 Å². The van der Waals surface area contributed by atoms with Crippen LogP contribution in [0.1, 0.15) is 0 Å². The van der Waals surface area contributed by atoms with E-state index in [4.69, 9.17) is 15.1 Å². The number of rotatable bonds is 4. The van der Waals surface area contributed by atoms with Gasteiger partial charge in [-0.2, -0.15) is 5.26 Å². The summed E-state index contributed by atoms with van der Waals surface area (Å²) in [5.41, 5.74) is 0. The normalized spacial score (nSPS) is 14.1. The minimum absolute atomic E-state index is 0.147. The number of allylic oxidation sites excluding steroid dienone is 1. The van der Waals surface area contributed by atoms with Gasteiger partial charge in [0.25, 0.3) is 0 Å². The lowest BCUT2D eigenvalue weighted by atomic mass is 10.5. The molecule has 0 radical (unpaired) electrons. The number of hydrogen-bond donors (Lipinski definition) is 1. The van der Waals surface area contributed by atoms with Crippen molar-refractivity contribution in [3.8, 4) is 6.07 Å². The topological polar surface area (TPSA) is 99.9 Å². The van der Waals surface area contributed by atoms with E-state index in [9.17, 15) is 9.59 Å². The van der Waals surface area contributed by atoms with Crippen LogP contribution in [0.5, 0.6) is 0 Å². The number of nitriles is 1. The third-order valence-corrected chi connectivity index (χ3v) is 1.25. The summed E-state index contributed by atoms with van der Waals surface area (Å²) < 4.78 is 9.42. The summed E-state index contributed by atoms with van der Waals surface area (Å²) in [6.07, 6.45) is 3.30. The van der Waals surface area contributed by atoms with Gasteiger partial charge in [0, 0.05) is 18.2 Å². The maximum atomic E-state index is 10.3. The Morgan fingerprint density at radius 1 is 1.44 bits per heavy atom. The predicted molar refractivity (Wildman–Crippen MR) is 64.5 cm³/mol. The van der Waals surface area contributed by atoms with Crippen LogP contribution in [0.25, 0.3) is 0 Å². The number of carbonyl (C=O) groups excluding carboxylic acids is 1. The van der Waals surface area contributed by atoms with E-state index in [2.05, 4.69) is 24.5 Å². The van der Waals surface area contributed by atoms with Crippen LogP contribution in [0.3, 0.4) is 0 Å². The van der Waals surface area contributed by atoms with Crippen molar-refractivity contribution in [3.63, 3.8) is 0 Å². The van der Waals surface area contributed by atoms with Crippen molar-refractivity contribution >= 4 is 11.9 Å². The van der Waals surface area contributed by atoms with Gasteiger partial charge in [0.05, 0.1) is 12.7 Å². The molecule has 0 bridgehead atoms. The Balaban J connectivity index is 0. The van der Waals surface area contributed by atoms with Crippen molar-refractivity contribution in [2.75, 3.05) is 13.2 Å². The summed E-state index contributed by atoms with van der Waals surface area (Å²) >= 11 is 0. The summed E-state index contributed by atoms with van der Waals surface area (Å²) in [5, 5.41) is 15.1. The van der Waals surface area contributed by atoms with E-state index in [0.29, 0.717) is 13.2 Å². The van der Waals surface area contributed by atoms with Gasteiger partial charge in [0.2, 0.25) is 0 Å². The molecular formula is C12H15NO5. The van der Waals surface area contributed by atoms with Crippen molar-refractivity contribution < 1.29 is 24.2 Å². The van der Waals surface area contributed by atoms with Gasteiger partial charge < -0.3 is 14.6 Å². The quantitative estimate of drug-likeness (QED) is 0.348. The highest BCUT2D eigenvalue weighted by Gasteiger charge is 2.23. The van der Waals surface area contributed by atoms with Gasteiger partial charge in [-0.3, -0.25) is 0 Å². The zero-order chi connectivity index (χ0) is 14.4. The summed E-state index contributed by atoms with van der Waals surface area (Å²) in [4.78, 5) is 19.6. The molecule has 6 nitrogen and oxygen atoms in total. The Morgan fingerprint density at radius 2 is 1.89 bits per heavy atom. The number of carboxylic acid groups (broad SMARTS) is 1. The first-order valence-corrected chi connectivity index (χ1v) is 4.78. The van der Waals surface area contributed by atoms with Gasteiger partial charge in [-0.25, -0.2) is 9.59 Å². The predicted octanol–water partition coefficient (Wildman–Crippen LogP) is 1.07. The third-order valence-electron chi connectivity index (χ3n) is 1.25. The highest BCUT2D eigenvalue weighted by molar-refractivity contribution is 5.81. The number of epoxide rings is 1. The molecule has 0 aliphatic carbocycles. The molecule has 0 aromatic carbocycles. The van der Waals surface area contributed by atoms with Gasteiger partial charge in [-0.1, -0.05) is 19.7 Å². The second-order valence-electron chi connectivity index (χ2n) is 2.67. The molecule has 0 spiro atoms. The molecule has 18 heavy (non-hydrogen) atoms. The molecule has 1 atom stereocenters. The molecule has 0 amide bonds. The minimum atomic E-state index is -0.981. The fourth-order valence-corrected chi connectivity index (χ4v) is 0.398. The van der Waals surface area contributed by atoms with E-state index in [1.165, 1.54) is 6.08 Å². The number of hydrogen-bond acceptors (Lipinski definition) is 5. The Kier molecular flexibility index (Phi) is 12.7. The van der Waals surface area contributed by atoms with Crippen LogP contribution >= 0.6 is 0 Å². The van der Waals surface area contributed by atoms with Gasteiger partial charge in [0.15, 0.2) is 0 Å². The van der Waals surface area contributed by atoms with E-state index >= 15 is 0 Å². The lowest BCUT2D eigenvalue weighted by molar-refractivity contribution is -0.138. The molecule has 1 aliphatic rings.